The van der Waals surface area contributed by atoms with Crippen LogP contribution in [-0.2, 0) is 4.79 Å². The van der Waals surface area contributed by atoms with Crippen molar-refractivity contribution >= 4 is 29.3 Å². The molecule has 5 nitrogen and oxygen atoms in total. The minimum Gasteiger partial charge on any atom is -0.480 e. The van der Waals surface area contributed by atoms with Crippen molar-refractivity contribution in [3.8, 4) is 0 Å². The van der Waals surface area contributed by atoms with Crippen LogP contribution in [0.15, 0.2) is 24.3 Å². The lowest BCUT2D eigenvalue weighted by Crippen LogP contribution is -2.46. The molecule has 1 rings (SSSR count). The van der Waals surface area contributed by atoms with E-state index in [9.17, 15) is 9.59 Å². The predicted octanol–water partition coefficient (Wildman–Crippen LogP) is 2.57. The monoisotopic (exact) mass is 270 g/mol. The molecule has 1 aromatic rings. The summed E-state index contributed by atoms with van der Waals surface area (Å²) in [7, 11) is 0. The first-order chi connectivity index (χ1) is 8.40. The van der Waals surface area contributed by atoms with Crippen LogP contribution in [0.1, 0.15) is 13.8 Å². The highest BCUT2D eigenvalue weighted by Crippen LogP contribution is 2.14. The molecule has 98 valence electrons. The number of rotatable bonds is 4. The van der Waals surface area contributed by atoms with E-state index in [0.29, 0.717) is 10.7 Å². The molecule has 18 heavy (non-hydrogen) atoms. The average Bonchev–Trinajstić information content (AvgIpc) is 2.25. The molecule has 0 aromatic heterocycles. The summed E-state index contributed by atoms with van der Waals surface area (Å²) >= 11 is 5.77. The van der Waals surface area contributed by atoms with Crippen LogP contribution >= 0.6 is 11.6 Å². The number of hydrogen-bond acceptors (Lipinski definition) is 2. The minimum absolute atomic E-state index is 0.201. The highest BCUT2D eigenvalue weighted by Gasteiger charge is 2.23. The number of carboxylic acids is 1. The molecule has 0 spiro atoms. The van der Waals surface area contributed by atoms with Gasteiger partial charge in [-0.05, 0) is 24.1 Å². The molecule has 6 heteroatoms. The standard InChI is InChI=1S/C12H15ClN2O3/c1-7(2)10(11(16)17)15-12(18)14-9-5-3-4-8(13)6-9/h3-7,10H,1-2H3,(H,16,17)(H2,14,15,18). The van der Waals surface area contributed by atoms with E-state index >= 15 is 0 Å². The molecule has 1 unspecified atom stereocenters. The molecule has 0 saturated carbocycles. The number of amides is 2. The van der Waals surface area contributed by atoms with E-state index in [0.717, 1.165) is 0 Å². The Hall–Kier alpha value is -1.75. The highest BCUT2D eigenvalue weighted by molar-refractivity contribution is 6.30. The van der Waals surface area contributed by atoms with E-state index in [1.165, 1.54) is 0 Å². The fraction of sp³-hybridized carbons (Fsp3) is 0.333. The topological polar surface area (TPSA) is 78.4 Å². The quantitative estimate of drug-likeness (QED) is 0.787. The first kappa shape index (κ1) is 14.3. The molecule has 2 amide bonds. The van der Waals surface area contributed by atoms with Gasteiger partial charge in [0.05, 0.1) is 0 Å². The second-order valence-corrected chi connectivity index (χ2v) is 4.61. The van der Waals surface area contributed by atoms with Crippen LogP contribution in [0.3, 0.4) is 0 Å². The molecule has 1 atom stereocenters. The molecule has 0 saturated heterocycles. The van der Waals surface area contributed by atoms with Crippen LogP contribution in [0.5, 0.6) is 0 Å². The van der Waals surface area contributed by atoms with E-state index < -0.39 is 18.0 Å². The van der Waals surface area contributed by atoms with Crippen molar-refractivity contribution in [3.63, 3.8) is 0 Å². The summed E-state index contributed by atoms with van der Waals surface area (Å²) in [6.45, 7) is 3.44. The van der Waals surface area contributed by atoms with Gasteiger partial charge < -0.3 is 15.7 Å². The average molecular weight is 271 g/mol. The van der Waals surface area contributed by atoms with E-state index in [-0.39, 0.29) is 5.92 Å². The van der Waals surface area contributed by atoms with Crippen LogP contribution < -0.4 is 10.6 Å². The van der Waals surface area contributed by atoms with Crippen LogP contribution in [0.2, 0.25) is 5.02 Å². The van der Waals surface area contributed by atoms with E-state index in [1.807, 2.05) is 0 Å². The Morgan fingerprint density at radius 2 is 2.00 bits per heavy atom. The minimum atomic E-state index is -1.06. The van der Waals surface area contributed by atoms with Crippen molar-refractivity contribution in [2.24, 2.45) is 5.92 Å². The van der Waals surface area contributed by atoms with Crippen molar-refractivity contribution in [1.29, 1.82) is 0 Å². The molecular formula is C12H15ClN2O3. The Morgan fingerprint density at radius 3 is 2.50 bits per heavy atom. The molecule has 0 heterocycles. The Kier molecular flexibility index (Phi) is 4.97. The molecule has 0 aliphatic carbocycles. The Balaban J connectivity index is 2.63. The summed E-state index contributed by atoms with van der Waals surface area (Å²) in [6.07, 6.45) is 0. The lowest BCUT2D eigenvalue weighted by atomic mass is 10.1. The number of urea groups is 1. The van der Waals surface area contributed by atoms with Gasteiger partial charge in [-0.2, -0.15) is 0 Å². The zero-order valence-corrected chi connectivity index (χ0v) is 10.9. The van der Waals surface area contributed by atoms with Gasteiger partial charge in [0.2, 0.25) is 0 Å². The summed E-state index contributed by atoms with van der Waals surface area (Å²) in [5.41, 5.74) is 0.507. The fourth-order valence-electron chi connectivity index (χ4n) is 1.39. The second kappa shape index (κ2) is 6.26. The number of hydrogen-bond donors (Lipinski definition) is 3. The normalized spacial score (nSPS) is 12.0. The number of carboxylic acid groups (broad SMARTS) is 1. The molecule has 0 aliphatic rings. The van der Waals surface area contributed by atoms with Gasteiger partial charge >= 0.3 is 12.0 Å². The number of carbonyl (C=O) groups excluding carboxylic acids is 1. The fourth-order valence-corrected chi connectivity index (χ4v) is 1.58. The largest absolute Gasteiger partial charge is 0.480 e. The molecule has 0 radical (unpaired) electrons. The zero-order valence-electron chi connectivity index (χ0n) is 10.1. The highest BCUT2D eigenvalue weighted by atomic mass is 35.5. The maximum Gasteiger partial charge on any atom is 0.326 e. The van der Waals surface area contributed by atoms with E-state index in [4.69, 9.17) is 16.7 Å². The van der Waals surface area contributed by atoms with Crippen molar-refractivity contribution < 1.29 is 14.7 Å². The Morgan fingerprint density at radius 1 is 1.33 bits per heavy atom. The lowest BCUT2D eigenvalue weighted by molar-refractivity contribution is -0.140. The molecule has 3 N–H and O–H groups in total. The summed E-state index contributed by atoms with van der Waals surface area (Å²) in [5, 5.41) is 14.3. The number of aliphatic carboxylic acids is 1. The first-order valence-electron chi connectivity index (χ1n) is 5.46. The molecule has 0 bridgehead atoms. The maximum absolute atomic E-state index is 11.6. The SMILES string of the molecule is CC(C)C(NC(=O)Nc1cccc(Cl)c1)C(=O)O. The Bertz CT molecular complexity index is 449. The van der Waals surface area contributed by atoms with Gasteiger partial charge in [-0.3, -0.25) is 0 Å². The number of anilines is 1. The lowest BCUT2D eigenvalue weighted by Gasteiger charge is -2.18. The van der Waals surface area contributed by atoms with Crippen LogP contribution in [-0.4, -0.2) is 23.1 Å². The number of carbonyl (C=O) groups is 2. The third-order valence-corrected chi connectivity index (χ3v) is 2.54. The van der Waals surface area contributed by atoms with Gasteiger partial charge in [-0.15, -0.1) is 0 Å². The summed E-state index contributed by atoms with van der Waals surface area (Å²) in [4.78, 5) is 22.5. The Labute approximate surface area is 110 Å². The third kappa shape index (κ3) is 4.25. The molecule has 0 aliphatic heterocycles. The van der Waals surface area contributed by atoms with Crippen molar-refractivity contribution in [2.45, 2.75) is 19.9 Å². The van der Waals surface area contributed by atoms with Crippen molar-refractivity contribution in [3.05, 3.63) is 29.3 Å². The second-order valence-electron chi connectivity index (χ2n) is 4.17. The predicted molar refractivity (Wildman–Crippen MR) is 69.9 cm³/mol. The third-order valence-electron chi connectivity index (χ3n) is 2.30. The summed E-state index contributed by atoms with van der Waals surface area (Å²) in [5.74, 6) is -1.26. The molecular weight excluding hydrogens is 256 g/mol. The molecule has 1 aromatic carbocycles. The first-order valence-corrected chi connectivity index (χ1v) is 5.84. The smallest absolute Gasteiger partial charge is 0.326 e. The number of benzene rings is 1. The van der Waals surface area contributed by atoms with Gasteiger partial charge in [0.25, 0.3) is 0 Å². The maximum atomic E-state index is 11.6. The van der Waals surface area contributed by atoms with E-state index in [1.54, 1.807) is 38.1 Å². The van der Waals surface area contributed by atoms with Gasteiger partial charge in [0, 0.05) is 10.7 Å². The number of nitrogens with one attached hydrogen (secondary N) is 2. The van der Waals surface area contributed by atoms with E-state index in [2.05, 4.69) is 10.6 Å². The van der Waals surface area contributed by atoms with Gasteiger partial charge in [-0.1, -0.05) is 31.5 Å². The van der Waals surface area contributed by atoms with Crippen LogP contribution in [0.25, 0.3) is 0 Å². The van der Waals surface area contributed by atoms with Crippen molar-refractivity contribution in [2.75, 3.05) is 5.32 Å². The van der Waals surface area contributed by atoms with Gasteiger partial charge in [0.1, 0.15) is 6.04 Å². The van der Waals surface area contributed by atoms with Gasteiger partial charge in [-0.25, -0.2) is 9.59 Å². The number of halogens is 1. The van der Waals surface area contributed by atoms with Crippen LogP contribution in [0, 0.1) is 5.92 Å². The van der Waals surface area contributed by atoms with Gasteiger partial charge in [0.15, 0.2) is 0 Å². The van der Waals surface area contributed by atoms with Crippen molar-refractivity contribution in [1.82, 2.24) is 5.32 Å². The summed E-state index contributed by atoms with van der Waals surface area (Å²) < 4.78 is 0. The molecule has 0 fully saturated rings. The zero-order chi connectivity index (χ0) is 13.7. The van der Waals surface area contributed by atoms with Crippen LogP contribution in [0.4, 0.5) is 10.5 Å². The summed E-state index contributed by atoms with van der Waals surface area (Å²) in [6, 6.07) is 5.11.